The lowest BCUT2D eigenvalue weighted by molar-refractivity contribution is -0.138. The van der Waals surface area contributed by atoms with Crippen LogP contribution < -0.4 is 9.44 Å². The second-order valence-electron chi connectivity index (χ2n) is 2.93. The number of hydrogen-bond acceptors (Lipinski definition) is 3. The fraction of sp³-hybridized carbons (Fsp3) is 0.625. The van der Waals surface area contributed by atoms with Gasteiger partial charge in [0.2, 0.25) is 0 Å². The number of aliphatic carboxylic acids is 1. The largest absolute Gasteiger partial charge is 0.480 e. The van der Waals surface area contributed by atoms with Crippen LogP contribution >= 0.6 is 0 Å². The third-order valence-corrected chi connectivity index (χ3v) is 2.72. The van der Waals surface area contributed by atoms with Gasteiger partial charge in [-0.1, -0.05) is 13.0 Å². The summed E-state index contributed by atoms with van der Waals surface area (Å²) in [7, 11) is -3.74. The van der Waals surface area contributed by atoms with E-state index in [4.69, 9.17) is 5.11 Å². The molecule has 0 amide bonds. The summed E-state index contributed by atoms with van der Waals surface area (Å²) < 4.78 is 26.8. The number of rotatable bonds is 8. The second kappa shape index (κ2) is 6.54. The summed E-state index contributed by atoms with van der Waals surface area (Å²) in [5.41, 5.74) is 0. The zero-order valence-corrected chi connectivity index (χ0v) is 9.38. The van der Waals surface area contributed by atoms with Crippen molar-refractivity contribution in [2.24, 2.45) is 0 Å². The number of carbonyl (C=O) groups is 1. The first kappa shape index (κ1) is 14.1. The molecule has 0 spiro atoms. The summed E-state index contributed by atoms with van der Waals surface area (Å²) in [5.74, 6) is -1.23. The Morgan fingerprint density at radius 3 is 2.60 bits per heavy atom. The number of carboxylic acid groups (broad SMARTS) is 1. The Bertz CT molecular complexity index is 313. The van der Waals surface area contributed by atoms with E-state index in [2.05, 4.69) is 11.3 Å². The smallest absolute Gasteiger partial charge is 0.322 e. The number of hydrogen-bond donors (Lipinski definition) is 3. The fourth-order valence-electron chi connectivity index (χ4n) is 0.831. The average Bonchev–Trinajstić information content (AvgIpc) is 2.14. The molecule has 88 valence electrons. The Morgan fingerprint density at radius 1 is 1.60 bits per heavy atom. The summed E-state index contributed by atoms with van der Waals surface area (Å²) in [6, 6.07) is -1.17. The molecule has 7 heteroatoms. The topological polar surface area (TPSA) is 95.5 Å². The molecule has 0 aliphatic carbocycles. The van der Waals surface area contributed by atoms with E-state index >= 15 is 0 Å². The summed E-state index contributed by atoms with van der Waals surface area (Å²) in [6.07, 6.45) is 2.03. The molecule has 0 aliphatic rings. The molecule has 0 aromatic heterocycles. The lowest BCUT2D eigenvalue weighted by Gasteiger charge is -2.13. The third-order valence-electron chi connectivity index (χ3n) is 1.54. The van der Waals surface area contributed by atoms with Crippen LogP contribution in [-0.2, 0) is 15.0 Å². The molecule has 0 aliphatic heterocycles. The lowest BCUT2D eigenvalue weighted by Crippen LogP contribution is -2.46. The van der Waals surface area contributed by atoms with Gasteiger partial charge in [-0.05, 0) is 12.8 Å². The van der Waals surface area contributed by atoms with Crippen LogP contribution in [0.2, 0.25) is 0 Å². The summed E-state index contributed by atoms with van der Waals surface area (Å²) in [5, 5.41) is 8.69. The molecule has 0 saturated carbocycles. The molecule has 0 aromatic rings. The molecule has 6 nitrogen and oxygen atoms in total. The van der Waals surface area contributed by atoms with Gasteiger partial charge < -0.3 is 5.11 Å². The normalized spacial score (nSPS) is 13.4. The standard InChI is InChI=1S/C8H16N2O4S/c1-3-5-7(8(11)12)10-15(13,14)9-6-4-2/h3,7,9-10H,1,4-6H2,2H3,(H,11,12). The first-order chi connectivity index (χ1) is 6.93. The van der Waals surface area contributed by atoms with Gasteiger partial charge in [-0.15, -0.1) is 6.58 Å². The van der Waals surface area contributed by atoms with Crippen molar-refractivity contribution in [1.29, 1.82) is 0 Å². The molecule has 15 heavy (non-hydrogen) atoms. The van der Waals surface area contributed by atoms with E-state index in [1.165, 1.54) is 6.08 Å². The molecule has 3 N–H and O–H groups in total. The van der Waals surface area contributed by atoms with Crippen LogP contribution in [0.15, 0.2) is 12.7 Å². The SMILES string of the molecule is C=CCC(NS(=O)(=O)NCCC)C(=O)O. The van der Waals surface area contributed by atoms with E-state index in [1.807, 2.05) is 4.72 Å². The van der Waals surface area contributed by atoms with E-state index in [0.717, 1.165) is 0 Å². The minimum Gasteiger partial charge on any atom is -0.480 e. The molecule has 1 unspecified atom stereocenters. The maximum absolute atomic E-state index is 11.3. The molecule has 0 fully saturated rings. The summed E-state index contributed by atoms with van der Waals surface area (Å²) >= 11 is 0. The Labute approximate surface area is 89.6 Å². The fourth-order valence-corrected chi connectivity index (χ4v) is 1.96. The molecule has 0 radical (unpaired) electrons. The van der Waals surface area contributed by atoms with E-state index in [1.54, 1.807) is 6.92 Å². The molecule has 0 aromatic carbocycles. The van der Waals surface area contributed by atoms with Crippen LogP contribution in [0.4, 0.5) is 0 Å². The third kappa shape index (κ3) is 6.21. The summed E-state index contributed by atoms with van der Waals surface area (Å²) in [6.45, 7) is 5.44. The van der Waals surface area contributed by atoms with Crippen molar-refractivity contribution in [1.82, 2.24) is 9.44 Å². The van der Waals surface area contributed by atoms with Crippen molar-refractivity contribution in [2.45, 2.75) is 25.8 Å². The molecule has 0 heterocycles. The highest BCUT2D eigenvalue weighted by atomic mass is 32.2. The van der Waals surface area contributed by atoms with E-state index in [9.17, 15) is 13.2 Å². The Kier molecular flexibility index (Phi) is 6.14. The highest BCUT2D eigenvalue weighted by Crippen LogP contribution is 1.95. The van der Waals surface area contributed by atoms with Crippen LogP contribution in [0, 0.1) is 0 Å². The van der Waals surface area contributed by atoms with Crippen molar-refractivity contribution in [2.75, 3.05) is 6.54 Å². The zero-order valence-electron chi connectivity index (χ0n) is 8.56. The summed E-state index contributed by atoms with van der Waals surface area (Å²) in [4.78, 5) is 10.6. The van der Waals surface area contributed by atoms with Crippen molar-refractivity contribution in [3.05, 3.63) is 12.7 Å². The molecule has 0 saturated heterocycles. The number of nitrogens with one attached hydrogen (secondary N) is 2. The minimum atomic E-state index is -3.74. The van der Waals surface area contributed by atoms with Gasteiger partial charge in [-0.2, -0.15) is 13.1 Å². The molecule has 0 rings (SSSR count). The van der Waals surface area contributed by atoms with E-state index < -0.39 is 22.2 Å². The highest BCUT2D eigenvalue weighted by molar-refractivity contribution is 7.87. The molecular weight excluding hydrogens is 220 g/mol. The van der Waals surface area contributed by atoms with Gasteiger partial charge in [0.25, 0.3) is 10.2 Å². The van der Waals surface area contributed by atoms with Crippen molar-refractivity contribution >= 4 is 16.2 Å². The van der Waals surface area contributed by atoms with E-state index in [0.29, 0.717) is 6.42 Å². The first-order valence-electron chi connectivity index (χ1n) is 4.53. The molecule has 0 bridgehead atoms. The van der Waals surface area contributed by atoms with Gasteiger partial charge in [-0.25, -0.2) is 4.72 Å². The van der Waals surface area contributed by atoms with Crippen LogP contribution in [0.25, 0.3) is 0 Å². The maximum Gasteiger partial charge on any atom is 0.322 e. The van der Waals surface area contributed by atoms with Gasteiger partial charge in [0.15, 0.2) is 0 Å². The van der Waals surface area contributed by atoms with E-state index in [-0.39, 0.29) is 13.0 Å². The quantitative estimate of drug-likeness (QED) is 0.511. The van der Waals surface area contributed by atoms with Gasteiger partial charge in [0.1, 0.15) is 6.04 Å². The Morgan fingerprint density at radius 2 is 2.20 bits per heavy atom. The van der Waals surface area contributed by atoms with Gasteiger partial charge >= 0.3 is 5.97 Å². The van der Waals surface area contributed by atoms with Crippen LogP contribution in [0.3, 0.4) is 0 Å². The van der Waals surface area contributed by atoms with Gasteiger partial charge in [0.05, 0.1) is 0 Å². The number of carboxylic acids is 1. The van der Waals surface area contributed by atoms with Crippen molar-refractivity contribution in [3.63, 3.8) is 0 Å². The van der Waals surface area contributed by atoms with Crippen LogP contribution in [-0.4, -0.2) is 32.1 Å². The maximum atomic E-state index is 11.3. The molecular formula is C8H16N2O4S. The van der Waals surface area contributed by atoms with Gasteiger partial charge in [-0.3, -0.25) is 4.79 Å². The van der Waals surface area contributed by atoms with Crippen molar-refractivity contribution in [3.8, 4) is 0 Å². The Hall–Kier alpha value is -0.920. The highest BCUT2D eigenvalue weighted by Gasteiger charge is 2.21. The second-order valence-corrected chi connectivity index (χ2v) is 4.46. The zero-order chi connectivity index (χ0) is 11.9. The first-order valence-corrected chi connectivity index (χ1v) is 6.02. The van der Waals surface area contributed by atoms with Crippen LogP contribution in [0.1, 0.15) is 19.8 Å². The predicted molar refractivity (Wildman–Crippen MR) is 56.6 cm³/mol. The van der Waals surface area contributed by atoms with Crippen LogP contribution in [0.5, 0.6) is 0 Å². The Balaban J connectivity index is 4.38. The van der Waals surface area contributed by atoms with Gasteiger partial charge in [0, 0.05) is 6.54 Å². The minimum absolute atomic E-state index is 0.0440. The monoisotopic (exact) mass is 236 g/mol. The lowest BCUT2D eigenvalue weighted by atomic mass is 10.2. The average molecular weight is 236 g/mol. The van der Waals surface area contributed by atoms with Crippen molar-refractivity contribution < 1.29 is 18.3 Å². The molecule has 1 atom stereocenters. The predicted octanol–water partition coefficient (Wildman–Crippen LogP) is -0.150.